The minimum atomic E-state index is -0.154. The van der Waals surface area contributed by atoms with E-state index in [0.29, 0.717) is 6.54 Å². The second-order valence-electron chi connectivity index (χ2n) is 6.81. The van der Waals surface area contributed by atoms with Crippen molar-refractivity contribution in [2.24, 2.45) is 0 Å². The Bertz CT molecular complexity index is 898. The molecule has 1 atom stereocenters. The third-order valence-corrected chi connectivity index (χ3v) is 6.11. The molecule has 1 unspecified atom stereocenters. The van der Waals surface area contributed by atoms with Crippen LogP contribution in [-0.4, -0.2) is 34.3 Å². The van der Waals surface area contributed by atoms with Gasteiger partial charge in [-0.3, -0.25) is 9.58 Å². The molecule has 0 spiro atoms. The first-order valence-electron chi connectivity index (χ1n) is 8.85. The lowest BCUT2D eigenvalue weighted by molar-refractivity contribution is 0.237. The molecule has 2 aromatic heterocycles. The molecule has 3 aromatic rings. The summed E-state index contributed by atoms with van der Waals surface area (Å²) < 4.78 is 3.28. The molecule has 1 aromatic carbocycles. The summed E-state index contributed by atoms with van der Waals surface area (Å²) in [5, 5.41) is 11.6. The normalized spacial score (nSPS) is 15.6. The van der Waals surface area contributed by atoms with E-state index in [1.54, 1.807) is 11.3 Å². The number of aromatic nitrogens is 2. The number of rotatable bonds is 4. The predicted molar refractivity (Wildman–Crippen MR) is 104 cm³/mol. The predicted octanol–water partition coefficient (Wildman–Crippen LogP) is 3.10. The molecular formula is C19H23N5OS. The average Bonchev–Trinajstić information content (AvgIpc) is 3.23. The molecule has 2 amide bonds. The Hall–Kier alpha value is -2.38. The molecule has 6 nitrogen and oxygen atoms in total. The zero-order chi connectivity index (χ0) is 18.1. The molecule has 0 saturated carbocycles. The summed E-state index contributed by atoms with van der Waals surface area (Å²) in [5.74, 6) is 0. The molecule has 0 aliphatic carbocycles. The van der Waals surface area contributed by atoms with Gasteiger partial charge in [0.25, 0.3) is 0 Å². The van der Waals surface area contributed by atoms with Crippen LogP contribution < -0.4 is 10.6 Å². The third kappa shape index (κ3) is 3.45. The summed E-state index contributed by atoms with van der Waals surface area (Å²) in [7, 11) is 2.10. The summed E-state index contributed by atoms with van der Waals surface area (Å²) in [4.78, 5) is 15.7. The van der Waals surface area contributed by atoms with Crippen molar-refractivity contribution < 1.29 is 4.79 Å². The second-order valence-corrected chi connectivity index (χ2v) is 7.93. The van der Waals surface area contributed by atoms with Crippen molar-refractivity contribution >= 4 is 27.5 Å². The first kappa shape index (κ1) is 17.1. The maximum absolute atomic E-state index is 12.3. The molecule has 0 bridgehead atoms. The zero-order valence-electron chi connectivity index (χ0n) is 15.0. The van der Waals surface area contributed by atoms with E-state index in [9.17, 15) is 4.79 Å². The van der Waals surface area contributed by atoms with Crippen molar-refractivity contribution in [1.82, 2.24) is 25.3 Å². The number of carbonyl (C=O) groups is 1. The minimum absolute atomic E-state index is 0.0281. The zero-order valence-corrected chi connectivity index (χ0v) is 15.8. The Morgan fingerprint density at radius 1 is 1.35 bits per heavy atom. The standard InChI is InChI=1S/C19H23N5OS/c1-13(18-9-14-5-3-4-6-17(14)26-18)22-19(25)20-10-15-11-21-24-8-7-23(2)12-16(15)24/h3-6,9,11,13H,7-8,10,12H2,1-2H3,(H2,20,22,25). The van der Waals surface area contributed by atoms with Gasteiger partial charge in [0.05, 0.1) is 24.5 Å². The lowest BCUT2D eigenvalue weighted by atomic mass is 10.2. The van der Waals surface area contributed by atoms with Gasteiger partial charge in [-0.1, -0.05) is 18.2 Å². The highest BCUT2D eigenvalue weighted by atomic mass is 32.1. The molecule has 4 rings (SSSR count). The molecule has 0 radical (unpaired) electrons. The number of amides is 2. The number of fused-ring (bicyclic) bond motifs is 2. The summed E-state index contributed by atoms with van der Waals surface area (Å²) in [5.41, 5.74) is 2.28. The molecule has 0 saturated heterocycles. The maximum atomic E-state index is 12.3. The fourth-order valence-corrected chi connectivity index (χ4v) is 4.35. The lowest BCUT2D eigenvalue weighted by Gasteiger charge is -2.24. The van der Waals surface area contributed by atoms with Gasteiger partial charge in [-0.2, -0.15) is 5.10 Å². The number of benzene rings is 1. The van der Waals surface area contributed by atoms with Gasteiger partial charge < -0.3 is 10.6 Å². The van der Waals surface area contributed by atoms with Gasteiger partial charge in [0, 0.05) is 34.8 Å². The minimum Gasteiger partial charge on any atom is -0.334 e. The Morgan fingerprint density at radius 2 is 2.19 bits per heavy atom. The first-order chi connectivity index (χ1) is 12.6. The van der Waals surface area contributed by atoms with Crippen LogP contribution in [0.2, 0.25) is 0 Å². The number of urea groups is 1. The van der Waals surface area contributed by atoms with Crippen LogP contribution in [0.5, 0.6) is 0 Å². The highest BCUT2D eigenvalue weighted by Crippen LogP contribution is 2.29. The highest BCUT2D eigenvalue weighted by molar-refractivity contribution is 7.19. The van der Waals surface area contributed by atoms with Crippen molar-refractivity contribution in [2.45, 2.75) is 32.6 Å². The first-order valence-corrected chi connectivity index (χ1v) is 9.67. The molecule has 0 fully saturated rings. The number of hydrogen-bond acceptors (Lipinski definition) is 4. The second kappa shape index (κ2) is 7.09. The van der Waals surface area contributed by atoms with Crippen LogP contribution in [0, 0.1) is 0 Å². The summed E-state index contributed by atoms with van der Waals surface area (Å²) >= 11 is 1.72. The van der Waals surface area contributed by atoms with E-state index in [1.165, 1.54) is 15.8 Å². The van der Waals surface area contributed by atoms with Crippen LogP contribution in [-0.2, 0) is 19.6 Å². The van der Waals surface area contributed by atoms with Gasteiger partial charge in [-0.05, 0) is 31.5 Å². The molecule has 1 aliphatic heterocycles. The molecule has 7 heteroatoms. The number of carbonyl (C=O) groups excluding carboxylic acids is 1. The van der Waals surface area contributed by atoms with Crippen LogP contribution >= 0.6 is 11.3 Å². The van der Waals surface area contributed by atoms with Crippen LogP contribution in [0.15, 0.2) is 36.5 Å². The van der Waals surface area contributed by atoms with Crippen LogP contribution in [0.4, 0.5) is 4.79 Å². The summed E-state index contributed by atoms with van der Waals surface area (Å²) in [6.45, 7) is 5.29. The largest absolute Gasteiger partial charge is 0.334 e. The number of hydrogen-bond donors (Lipinski definition) is 2. The van der Waals surface area contributed by atoms with Crippen molar-refractivity contribution in [3.63, 3.8) is 0 Å². The monoisotopic (exact) mass is 369 g/mol. The summed E-state index contributed by atoms with van der Waals surface area (Å²) in [6, 6.07) is 10.2. The fraction of sp³-hybridized carbons (Fsp3) is 0.368. The highest BCUT2D eigenvalue weighted by Gasteiger charge is 2.18. The van der Waals surface area contributed by atoms with E-state index < -0.39 is 0 Å². The molecular weight excluding hydrogens is 346 g/mol. The lowest BCUT2D eigenvalue weighted by Crippen LogP contribution is -2.37. The molecule has 136 valence electrons. The van der Waals surface area contributed by atoms with E-state index in [0.717, 1.165) is 30.1 Å². The van der Waals surface area contributed by atoms with Crippen LogP contribution in [0.3, 0.4) is 0 Å². The number of likely N-dealkylation sites (N-methyl/N-ethyl adjacent to an activating group) is 1. The van der Waals surface area contributed by atoms with Crippen molar-refractivity contribution in [3.8, 4) is 0 Å². The van der Waals surface area contributed by atoms with Gasteiger partial charge in [0.2, 0.25) is 0 Å². The van der Waals surface area contributed by atoms with Crippen molar-refractivity contribution in [3.05, 3.63) is 52.7 Å². The third-order valence-electron chi connectivity index (χ3n) is 4.81. The van der Waals surface area contributed by atoms with Crippen LogP contribution in [0.1, 0.15) is 29.1 Å². The SMILES string of the molecule is CC(NC(=O)NCc1cnn2c1CN(C)CC2)c1cc2ccccc2s1. The Kier molecular flexibility index (Phi) is 4.65. The summed E-state index contributed by atoms with van der Waals surface area (Å²) in [6.07, 6.45) is 1.87. The molecule has 26 heavy (non-hydrogen) atoms. The number of nitrogens with zero attached hydrogens (tertiary/aromatic N) is 3. The maximum Gasteiger partial charge on any atom is 0.315 e. The average molecular weight is 369 g/mol. The smallest absolute Gasteiger partial charge is 0.315 e. The Balaban J connectivity index is 1.36. The molecule has 1 aliphatic rings. The Labute approximate surface area is 156 Å². The van der Waals surface area contributed by atoms with Gasteiger partial charge in [-0.25, -0.2) is 4.79 Å². The van der Waals surface area contributed by atoms with Crippen LogP contribution in [0.25, 0.3) is 10.1 Å². The van der Waals surface area contributed by atoms with Crippen molar-refractivity contribution in [1.29, 1.82) is 0 Å². The molecule has 2 N–H and O–H groups in total. The van der Waals surface area contributed by atoms with E-state index in [-0.39, 0.29) is 12.1 Å². The van der Waals surface area contributed by atoms with E-state index in [4.69, 9.17) is 0 Å². The van der Waals surface area contributed by atoms with E-state index in [2.05, 4.69) is 45.9 Å². The number of thiophene rings is 1. The Morgan fingerprint density at radius 3 is 3.04 bits per heavy atom. The number of nitrogens with one attached hydrogen (secondary N) is 2. The van der Waals surface area contributed by atoms with Crippen molar-refractivity contribution in [2.75, 3.05) is 13.6 Å². The molecule has 3 heterocycles. The van der Waals surface area contributed by atoms with Gasteiger partial charge >= 0.3 is 6.03 Å². The quantitative estimate of drug-likeness (QED) is 0.743. The van der Waals surface area contributed by atoms with Gasteiger partial charge in [0.1, 0.15) is 0 Å². The van der Waals surface area contributed by atoms with Gasteiger partial charge in [0.15, 0.2) is 0 Å². The fourth-order valence-electron chi connectivity index (χ4n) is 3.28. The van der Waals surface area contributed by atoms with E-state index in [1.807, 2.05) is 29.9 Å². The van der Waals surface area contributed by atoms with E-state index >= 15 is 0 Å². The topological polar surface area (TPSA) is 62.2 Å². The van der Waals surface area contributed by atoms with Gasteiger partial charge in [-0.15, -0.1) is 11.3 Å².